The number of aryl methyl sites for hydroxylation is 1. The molecule has 3 rings (SSSR count). The van der Waals surface area contributed by atoms with E-state index in [1.54, 1.807) is 16.9 Å². The van der Waals surface area contributed by atoms with Gasteiger partial charge in [0.15, 0.2) is 0 Å². The van der Waals surface area contributed by atoms with E-state index in [0.29, 0.717) is 23.6 Å². The number of hydrogen-bond donors (Lipinski definition) is 1. The monoisotopic (exact) mass is 234 g/mol. The van der Waals surface area contributed by atoms with Gasteiger partial charge >= 0.3 is 0 Å². The standard InChI is InChI=1S/C12H18N4O/c1-8-10-6-13-5-9(10)7-16(8)12(17)11-3-4-14-15(11)2/h3-4,8-10,13H,5-7H2,1-2H3. The van der Waals surface area contributed by atoms with E-state index in [4.69, 9.17) is 0 Å². The lowest BCUT2D eigenvalue weighted by molar-refractivity contribution is 0.0717. The second kappa shape index (κ2) is 3.84. The average molecular weight is 234 g/mol. The number of fused-ring (bicyclic) bond motifs is 1. The van der Waals surface area contributed by atoms with Crippen LogP contribution in [0.1, 0.15) is 17.4 Å². The summed E-state index contributed by atoms with van der Waals surface area (Å²) in [6, 6.07) is 2.12. The van der Waals surface area contributed by atoms with Crippen molar-refractivity contribution in [1.29, 1.82) is 0 Å². The largest absolute Gasteiger partial charge is 0.334 e. The first-order chi connectivity index (χ1) is 8.18. The van der Waals surface area contributed by atoms with Crippen molar-refractivity contribution in [3.8, 4) is 0 Å². The minimum absolute atomic E-state index is 0.118. The molecule has 1 aromatic rings. The molecule has 17 heavy (non-hydrogen) atoms. The number of rotatable bonds is 1. The summed E-state index contributed by atoms with van der Waals surface area (Å²) in [4.78, 5) is 14.4. The fourth-order valence-electron chi connectivity index (χ4n) is 3.17. The van der Waals surface area contributed by atoms with Crippen molar-refractivity contribution in [2.75, 3.05) is 19.6 Å². The first kappa shape index (κ1) is 10.8. The average Bonchev–Trinajstić information content (AvgIpc) is 2.96. The third-order valence-corrected chi connectivity index (χ3v) is 4.24. The molecule has 0 saturated carbocycles. The van der Waals surface area contributed by atoms with Crippen LogP contribution in [0.25, 0.3) is 0 Å². The van der Waals surface area contributed by atoms with Gasteiger partial charge in [-0.05, 0) is 24.8 Å². The van der Waals surface area contributed by atoms with Crippen LogP contribution in [0.2, 0.25) is 0 Å². The molecule has 0 aromatic carbocycles. The lowest BCUT2D eigenvalue weighted by Gasteiger charge is -2.24. The van der Waals surface area contributed by atoms with Crippen molar-refractivity contribution in [3.63, 3.8) is 0 Å². The van der Waals surface area contributed by atoms with Gasteiger partial charge in [0.1, 0.15) is 5.69 Å². The van der Waals surface area contributed by atoms with Crippen LogP contribution in [-0.2, 0) is 7.05 Å². The summed E-state index contributed by atoms with van der Waals surface area (Å²) in [5.74, 6) is 1.36. The van der Waals surface area contributed by atoms with E-state index in [1.807, 2.05) is 11.9 Å². The van der Waals surface area contributed by atoms with E-state index in [2.05, 4.69) is 17.3 Å². The zero-order valence-electron chi connectivity index (χ0n) is 10.3. The molecule has 0 spiro atoms. The van der Waals surface area contributed by atoms with Crippen molar-refractivity contribution >= 4 is 5.91 Å². The maximum absolute atomic E-state index is 12.4. The fourth-order valence-corrected chi connectivity index (χ4v) is 3.17. The molecule has 0 aliphatic carbocycles. The number of nitrogens with zero attached hydrogens (tertiary/aromatic N) is 3. The summed E-state index contributed by atoms with van der Waals surface area (Å²) in [7, 11) is 1.82. The normalized spacial score (nSPS) is 31.9. The lowest BCUT2D eigenvalue weighted by Crippen LogP contribution is -2.38. The molecular formula is C12H18N4O. The highest BCUT2D eigenvalue weighted by Crippen LogP contribution is 2.33. The Bertz CT molecular complexity index is 441. The summed E-state index contributed by atoms with van der Waals surface area (Å²) in [6.07, 6.45) is 1.68. The predicted molar refractivity (Wildman–Crippen MR) is 63.6 cm³/mol. The number of carbonyl (C=O) groups excluding carboxylic acids is 1. The van der Waals surface area contributed by atoms with Gasteiger partial charge in [0, 0.05) is 38.9 Å². The summed E-state index contributed by atoms with van der Waals surface area (Å²) in [6.45, 7) is 5.12. The van der Waals surface area contributed by atoms with Gasteiger partial charge in [-0.3, -0.25) is 9.48 Å². The van der Waals surface area contributed by atoms with Crippen LogP contribution in [0, 0.1) is 11.8 Å². The van der Waals surface area contributed by atoms with Crippen molar-refractivity contribution < 1.29 is 4.79 Å². The molecule has 2 fully saturated rings. The van der Waals surface area contributed by atoms with E-state index in [1.165, 1.54) is 0 Å². The Kier molecular flexibility index (Phi) is 2.43. The SMILES string of the molecule is CC1C2CNCC2CN1C(=O)c1ccnn1C. The molecule has 3 heterocycles. The van der Waals surface area contributed by atoms with E-state index in [-0.39, 0.29) is 5.91 Å². The zero-order valence-corrected chi connectivity index (χ0v) is 10.3. The minimum atomic E-state index is 0.118. The zero-order chi connectivity index (χ0) is 12.0. The molecular weight excluding hydrogens is 216 g/mol. The van der Waals surface area contributed by atoms with E-state index < -0.39 is 0 Å². The lowest BCUT2D eigenvalue weighted by atomic mass is 9.95. The highest BCUT2D eigenvalue weighted by Gasteiger charge is 2.44. The Morgan fingerprint density at radius 2 is 2.35 bits per heavy atom. The van der Waals surface area contributed by atoms with Crippen LogP contribution in [0.3, 0.4) is 0 Å². The number of carbonyl (C=O) groups is 1. The van der Waals surface area contributed by atoms with Crippen LogP contribution in [0.4, 0.5) is 0 Å². The molecule has 1 N–H and O–H groups in total. The smallest absolute Gasteiger partial charge is 0.272 e. The Balaban J connectivity index is 1.82. The highest BCUT2D eigenvalue weighted by atomic mass is 16.2. The van der Waals surface area contributed by atoms with E-state index in [9.17, 15) is 4.79 Å². The first-order valence-electron chi connectivity index (χ1n) is 6.18. The van der Waals surface area contributed by atoms with E-state index in [0.717, 1.165) is 19.6 Å². The summed E-state index contributed by atoms with van der Waals surface area (Å²) in [5.41, 5.74) is 0.685. The molecule has 2 aliphatic heterocycles. The van der Waals surface area contributed by atoms with Gasteiger partial charge in [-0.2, -0.15) is 5.10 Å². The quantitative estimate of drug-likeness (QED) is 0.750. The van der Waals surface area contributed by atoms with Crippen LogP contribution in [-0.4, -0.2) is 46.3 Å². The molecule has 5 nitrogen and oxygen atoms in total. The summed E-state index contributed by atoms with van der Waals surface area (Å²) in [5, 5.41) is 7.47. The Labute approximate surface area is 101 Å². The van der Waals surface area contributed by atoms with Gasteiger partial charge in [-0.15, -0.1) is 0 Å². The summed E-state index contributed by atoms with van der Waals surface area (Å²) >= 11 is 0. The topological polar surface area (TPSA) is 50.2 Å². The van der Waals surface area contributed by atoms with Gasteiger partial charge in [0.2, 0.25) is 0 Å². The van der Waals surface area contributed by atoms with Crippen molar-refractivity contribution in [3.05, 3.63) is 18.0 Å². The third-order valence-electron chi connectivity index (χ3n) is 4.24. The van der Waals surface area contributed by atoms with Gasteiger partial charge in [0.05, 0.1) is 0 Å². The molecule has 0 bridgehead atoms. The second-order valence-corrected chi connectivity index (χ2v) is 5.12. The molecule has 1 aromatic heterocycles. The first-order valence-corrected chi connectivity index (χ1v) is 6.18. The van der Waals surface area contributed by atoms with Gasteiger partial charge in [-0.25, -0.2) is 0 Å². The van der Waals surface area contributed by atoms with Gasteiger partial charge in [-0.1, -0.05) is 0 Å². The van der Waals surface area contributed by atoms with Gasteiger partial charge < -0.3 is 10.2 Å². The second-order valence-electron chi connectivity index (χ2n) is 5.12. The molecule has 2 saturated heterocycles. The molecule has 3 unspecified atom stereocenters. The molecule has 1 amide bonds. The van der Waals surface area contributed by atoms with Crippen molar-refractivity contribution in [2.45, 2.75) is 13.0 Å². The Hall–Kier alpha value is -1.36. The number of amides is 1. The maximum atomic E-state index is 12.4. The van der Waals surface area contributed by atoms with Crippen LogP contribution < -0.4 is 5.32 Å². The number of hydrogen-bond acceptors (Lipinski definition) is 3. The van der Waals surface area contributed by atoms with Crippen LogP contribution in [0.5, 0.6) is 0 Å². The van der Waals surface area contributed by atoms with E-state index >= 15 is 0 Å². The third kappa shape index (κ3) is 1.57. The van der Waals surface area contributed by atoms with Crippen molar-refractivity contribution in [2.24, 2.45) is 18.9 Å². The molecule has 0 radical (unpaired) electrons. The fraction of sp³-hybridized carbons (Fsp3) is 0.667. The van der Waals surface area contributed by atoms with Crippen molar-refractivity contribution in [1.82, 2.24) is 20.0 Å². The molecule has 2 aliphatic rings. The van der Waals surface area contributed by atoms with Gasteiger partial charge in [0.25, 0.3) is 5.91 Å². The highest BCUT2D eigenvalue weighted by molar-refractivity contribution is 5.93. The number of aromatic nitrogens is 2. The Morgan fingerprint density at radius 1 is 1.53 bits per heavy atom. The number of nitrogens with one attached hydrogen (secondary N) is 1. The Morgan fingerprint density at radius 3 is 3.00 bits per heavy atom. The maximum Gasteiger partial charge on any atom is 0.272 e. The predicted octanol–water partition coefficient (Wildman–Crippen LogP) is 0.1000. The molecule has 3 atom stereocenters. The van der Waals surface area contributed by atoms with Crippen LogP contribution in [0.15, 0.2) is 12.3 Å². The molecule has 5 heteroatoms. The summed E-state index contributed by atoms with van der Waals surface area (Å²) < 4.78 is 1.65. The minimum Gasteiger partial charge on any atom is -0.334 e. The molecule has 92 valence electrons. The number of likely N-dealkylation sites (tertiary alicyclic amines) is 1. The van der Waals surface area contributed by atoms with Crippen LogP contribution >= 0.6 is 0 Å².